The molecule has 10 aromatic rings. The average molecular weight is 625 g/mol. The molecule has 0 aliphatic rings. The first-order chi connectivity index (χ1) is 24.3. The zero-order chi connectivity index (χ0) is 32.3. The minimum Gasteiger partial charge on any atom is -0.456 e. The predicted octanol–water partition coefficient (Wildman–Crippen LogP) is 12.5. The first-order valence-electron chi connectivity index (χ1n) is 16.6. The normalized spacial score (nSPS) is 11.7. The number of rotatable bonds is 4. The molecule has 0 saturated carbocycles. The summed E-state index contributed by atoms with van der Waals surface area (Å²) in [5.74, 6) is 0.715. The van der Waals surface area contributed by atoms with E-state index in [4.69, 9.17) is 14.4 Å². The van der Waals surface area contributed by atoms with Gasteiger partial charge in [0.15, 0.2) is 5.82 Å². The highest BCUT2D eigenvalue weighted by Crippen LogP contribution is 2.40. The van der Waals surface area contributed by atoms with Crippen LogP contribution in [-0.4, -0.2) is 9.97 Å². The van der Waals surface area contributed by atoms with E-state index in [-0.39, 0.29) is 0 Å². The van der Waals surface area contributed by atoms with Gasteiger partial charge in [-0.1, -0.05) is 146 Å². The van der Waals surface area contributed by atoms with Crippen LogP contribution < -0.4 is 0 Å². The SMILES string of the molecule is c1ccc(-c2cc(-c3ccc(-c4cccc5oc6ccccc6c45)cc3)nc(-c3c4ccccc4cc4c3ccc3ccccc34)n2)cc1. The maximum atomic E-state index is 6.19. The molecular weight excluding hydrogens is 597 g/mol. The summed E-state index contributed by atoms with van der Waals surface area (Å²) >= 11 is 0. The highest BCUT2D eigenvalue weighted by Gasteiger charge is 2.18. The molecule has 10 rings (SSSR count). The van der Waals surface area contributed by atoms with Crippen molar-refractivity contribution in [2.75, 3.05) is 0 Å². The minimum atomic E-state index is 0.715. The molecule has 2 heterocycles. The van der Waals surface area contributed by atoms with Crippen molar-refractivity contribution in [3.05, 3.63) is 170 Å². The van der Waals surface area contributed by atoms with Crippen molar-refractivity contribution in [3.8, 4) is 45.0 Å². The van der Waals surface area contributed by atoms with Crippen LogP contribution in [0.25, 0.3) is 99.3 Å². The van der Waals surface area contributed by atoms with Gasteiger partial charge in [0.1, 0.15) is 11.2 Å². The van der Waals surface area contributed by atoms with E-state index in [1.54, 1.807) is 0 Å². The molecule has 0 aliphatic carbocycles. The molecule has 49 heavy (non-hydrogen) atoms. The quantitative estimate of drug-likeness (QED) is 0.144. The van der Waals surface area contributed by atoms with Gasteiger partial charge in [-0.15, -0.1) is 0 Å². The molecule has 0 N–H and O–H groups in total. The summed E-state index contributed by atoms with van der Waals surface area (Å²) < 4.78 is 6.19. The third-order valence-electron chi connectivity index (χ3n) is 9.68. The lowest BCUT2D eigenvalue weighted by Gasteiger charge is -2.15. The lowest BCUT2D eigenvalue weighted by Crippen LogP contribution is -1.98. The average Bonchev–Trinajstić information content (AvgIpc) is 3.56. The molecule has 3 heteroatoms. The van der Waals surface area contributed by atoms with Crippen molar-refractivity contribution in [1.29, 1.82) is 0 Å². The number of fused-ring (bicyclic) bond motifs is 7. The number of nitrogens with zero attached hydrogens (tertiary/aromatic N) is 2. The Labute approximate surface area is 282 Å². The first-order valence-corrected chi connectivity index (χ1v) is 16.6. The van der Waals surface area contributed by atoms with Crippen molar-refractivity contribution in [1.82, 2.24) is 9.97 Å². The van der Waals surface area contributed by atoms with E-state index in [9.17, 15) is 0 Å². The van der Waals surface area contributed by atoms with Crippen LogP contribution in [-0.2, 0) is 0 Å². The number of hydrogen-bond acceptors (Lipinski definition) is 3. The molecule has 3 nitrogen and oxygen atoms in total. The van der Waals surface area contributed by atoms with Crippen LogP contribution in [0.1, 0.15) is 0 Å². The van der Waals surface area contributed by atoms with E-state index < -0.39 is 0 Å². The number of benzene rings is 8. The number of para-hydroxylation sites is 1. The van der Waals surface area contributed by atoms with E-state index in [2.05, 4.69) is 146 Å². The Kier molecular flexibility index (Phi) is 6.18. The third-order valence-corrected chi connectivity index (χ3v) is 9.68. The van der Waals surface area contributed by atoms with Crippen molar-refractivity contribution in [2.24, 2.45) is 0 Å². The predicted molar refractivity (Wildman–Crippen MR) is 204 cm³/mol. The molecule has 8 aromatic carbocycles. The van der Waals surface area contributed by atoms with Crippen LogP contribution in [0.2, 0.25) is 0 Å². The van der Waals surface area contributed by atoms with Gasteiger partial charge in [0.25, 0.3) is 0 Å². The van der Waals surface area contributed by atoms with Gasteiger partial charge in [-0.25, -0.2) is 9.97 Å². The van der Waals surface area contributed by atoms with E-state index in [0.29, 0.717) is 5.82 Å². The number of aromatic nitrogens is 2. The molecule has 0 saturated heterocycles. The van der Waals surface area contributed by atoms with Gasteiger partial charge in [0.05, 0.1) is 11.4 Å². The molecule has 0 radical (unpaired) electrons. The van der Waals surface area contributed by atoms with E-state index in [1.165, 1.54) is 21.5 Å². The summed E-state index contributed by atoms with van der Waals surface area (Å²) in [4.78, 5) is 10.6. The van der Waals surface area contributed by atoms with Crippen molar-refractivity contribution in [3.63, 3.8) is 0 Å². The fourth-order valence-corrected chi connectivity index (χ4v) is 7.36. The monoisotopic (exact) mass is 624 g/mol. The summed E-state index contributed by atoms with van der Waals surface area (Å²) in [6, 6.07) is 59.7. The van der Waals surface area contributed by atoms with Crippen molar-refractivity contribution >= 4 is 54.3 Å². The topological polar surface area (TPSA) is 38.9 Å². The molecule has 0 spiro atoms. The van der Waals surface area contributed by atoms with Crippen molar-refractivity contribution < 1.29 is 4.42 Å². The van der Waals surface area contributed by atoms with Gasteiger partial charge < -0.3 is 4.42 Å². The van der Waals surface area contributed by atoms with Gasteiger partial charge in [-0.2, -0.15) is 0 Å². The minimum absolute atomic E-state index is 0.715. The van der Waals surface area contributed by atoms with Crippen LogP contribution in [0.5, 0.6) is 0 Å². The third kappa shape index (κ3) is 4.51. The maximum absolute atomic E-state index is 6.19. The van der Waals surface area contributed by atoms with Crippen LogP contribution in [0.4, 0.5) is 0 Å². The summed E-state index contributed by atoms with van der Waals surface area (Å²) in [6.07, 6.45) is 0. The van der Waals surface area contributed by atoms with Crippen LogP contribution >= 0.6 is 0 Å². The molecule has 0 amide bonds. The molecule has 2 aromatic heterocycles. The highest BCUT2D eigenvalue weighted by molar-refractivity contribution is 6.19. The summed E-state index contributed by atoms with van der Waals surface area (Å²) in [5, 5.41) is 9.35. The van der Waals surface area contributed by atoms with Gasteiger partial charge in [0, 0.05) is 27.5 Å². The summed E-state index contributed by atoms with van der Waals surface area (Å²) in [6.45, 7) is 0. The largest absolute Gasteiger partial charge is 0.456 e. The number of hydrogen-bond donors (Lipinski definition) is 0. The Hall–Kier alpha value is -6.58. The molecule has 0 fully saturated rings. The second kappa shape index (κ2) is 11.0. The van der Waals surface area contributed by atoms with Gasteiger partial charge in [-0.3, -0.25) is 0 Å². The Morgan fingerprint density at radius 1 is 0.367 bits per heavy atom. The molecule has 0 unspecified atom stereocenters. The van der Waals surface area contributed by atoms with Gasteiger partial charge in [-0.05, 0) is 67.7 Å². The Balaban J connectivity index is 1.19. The van der Waals surface area contributed by atoms with Gasteiger partial charge >= 0.3 is 0 Å². The van der Waals surface area contributed by atoms with E-state index >= 15 is 0 Å². The fraction of sp³-hybridized carbons (Fsp3) is 0. The van der Waals surface area contributed by atoms with E-state index in [1.807, 2.05) is 24.3 Å². The second-order valence-corrected chi connectivity index (χ2v) is 12.5. The summed E-state index contributed by atoms with van der Waals surface area (Å²) in [7, 11) is 0. The maximum Gasteiger partial charge on any atom is 0.161 e. The lowest BCUT2D eigenvalue weighted by atomic mass is 9.92. The Bertz CT molecular complexity index is 2870. The highest BCUT2D eigenvalue weighted by atomic mass is 16.3. The Morgan fingerprint density at radius 2 is 1.00 bits per heavy atom. The van der Waals surface area contributed by atoms with E-state index in [0.717, 1.165) is 71.9 Å². The lowest BCUT2D eigenvalue weighted by molar-refractivity contribution is 0.669. The smallest absolute Gasteiger partial charge is 0.161 e. The molecule has 228 valence electrons. The second-order valence-electron chi connectivity index (χ2n) is 12.5. The van der Waals surface area contributed by atoms with Crippen molar-refractivity contribution in [2.45, 2.75) is 0 Å². The molecular formula is C46H28N2O. The summed E-state index contributed by atoms with van der Waals surface area (Å²) in [5.41, 5.74) is 8.98. The molecule has 0 bridgehead atoms. The van der Waals surface area contributed by atoms with Gasteiger partial charge in [0.2, 0.25) is 0 Å². The van der Waals surface area contributed by atoms with Crippen LogP contribution in [0.15, 0.2) is 174 Å². The Morgan fingerprint density at radius 3 is 1.82 bits per heavy atom. The first kappa shape index (κ1) is 27.5. The standard InChI is InChI=1S/C46H28N2O/c1-2-12-31(13-3-1)40-28-41(32-23-21-30(22-24-32)35-18-10-20-43-44(35)38-17-8-9-19-42(38)49-43)48-46(47-40)45-36-16-7-5-14-33(36)27-39-34-15-6-4-11-29(34)25-26-37(39)45/h1-28H. The van der Waals surface area contributed by atoms with Crippen LogP contribution in [0, 0.1) is 0 Å². The van der Waals surface area contributed by atoms with Crippen LogP contribution in [0.3, 0.4) is 0 Å². The fourth-order valence-electron chi connectivity index (χ4n) is 7.36. The molecule has 0 atom stereocenters. The number of furan rings is 1. The molecule has 0 aliphatic heterocycles. The zero-order valence-electron chi connectivity index (χ0n) is 26.5. The zero-order valence-corrected chi connectivity index (χ0v) is 26.5.